The van der Waals surface area contributed by atoms with E-state index in [0.717, 1.165) is 22.6 Å². The lowest BCUT2D eigenvalue weighted by molar-refractivity contribution is -0.153. The summed E-state index contributed by atoms with van der Waals surface area (Å²) in [7, 11) is -4.96. The summed E-state index contributed by atoms with van der Waals surface area (Å²) in [5.74, 6) is -3.97. The quantitative estimate of drug-likeness (QED) is 0.0486. The SMILES string of the molecule is NCCCNCc1nnn(C[C@@H]2[C@H](CC(=O)/C(=N\OC3(C(=O)O)CC3)c3csc(N)n3)C(=O)N2S(=O)(=O)O)n1. The van der Waals surface area contributed by atoms with Gasteiger partial charge in [0.2, 0.25) is 11.5 Å². The average molecular weight is 587 g/mol. The molecule has 1 amide bonds. The lowest BCUT2D eigenvalue weighted by atomic mass is 9.84. The Morgan fingerprint density at radius 1 is 1.36 bits per heavy atom. The van der Waals surface area contributed by atoms with Crippen molar-refractivity contribution in [2.24, 2.45) is 16.8 Å². The minimum Gasteiger partial charge on any atom is -0.478 e. The molecule has 2 fully saturated rings. The molecule has 20 heteroatoms. The number of β-lactam (4-membered cyclic amide) rings is 1. The Kier molecular flexibility index (Phi) is 8.20. The number of nitrogen functional groups attached to an aromatic ring is 1. The number of rotatable bonds is 15. The fourth-order valence-electron chi connectivity index (χ4n) is 3.83. The van der Waals surface area contributed by atoms with E-state index >= 15 is 0 Å². The summed E-state index contributed by atoms with van der Waals surface area (Å²) in [6.45, 7) is 1.09. The van der Waals surface area contributed by atoms with E-state index in [-0.39, 0.29) is 46.8 Å². The van der Waals surface area contributed by atoms with Crippen LogP contribution in [0.5, 0.6) is 0 Å². The zero-order valence-corrected chi connectivity index (χ0v) is 22.0. The number of nitrogens with one attached hydrogen (secondary N) is 1. The number of nitrogens with two attached hydrogens (primary N) is 2. The zero-order valence-electron chi connectivity index (χ0n) is 20.3. The maximum absolute atomic E-state index is 13.3. The van der Waals surface area contributed by atoms with Gasteiger partial charge in [0, 0.05) is 24.6 Å². The van der Waals surface area contributed by atoms with Crippen molar-refractivity contribution in [3.05, 3.63) is 16.9 Å². The van der Waals surface area contributed by atoms with Gasteiger partial charge in [-0.05, 0) is 24.7 Å². The molecule has 0 radical (unpaired) electrons. The number of amides is 1. The molecule has 1 aliphatic heterocycles. The molecule has 2 aromatic rings. The number of ketones is 1. The van der Waals surface area contributed by atoms with Crippen LogP contribution in [-0.4, -0.2) is 95.7 Å². The van der Waals surface area contributed by atoms with Gasteiger partial charge in [-0.1, -0.05) is 5.16 Å². The number of hydrogen-bond acceptors (Lipinski definition) is 15. The summed E-state index contributed by atoms with van der Waals surface area (Å²) in [6, 6.07) is -1.22. The molecule has 2 aliphatic rings. The Labute approximate surface area is 225 Å². The summed E-state index contributed by atoms with van der Waals surface area (Å²) >= 11 is 0.997. The van der Waals surface area contributed by atoms with Crippen LogP contribution in [0, 0.1) is 5.92 Å². The molecule has 18 nitrogen and oxygen atoms in total. The molecule has 212 valence electrons. The van der Waals surface area contributed by atoms with E-state index < -0.39 is 51.9 Å². The van der Waals surface area contributed by atoms with Gasteiger partial charge in [0.15, 0.2) is 22.5 Å². The third-order valence-electron chi connectivity index (χ3n) is 6.07. The first-order valence-electron chi connectivity index (χ1n) is 11.7. The summed E-state index contributed by atoms with van der Waals surface area (Å²) < 4.78 is 33.6. The maximum atomic E-state index is 13.3. The molecule has 4 rings (SSSR count). The molecule has 1 saturated heterocycles. The van der Waals surface area contributed by atoms with Crippen molar-refractivity contribution in [3.8, 4) is 0 Å². The summed E-state index contributed by atoms with van der Waals surface area (Å²) in [6.07, 6.45) is 0.554. The second-order valence-corrected chi connectivity index (χ2v) is 11.1. The second kappa shape index (κ2) is 11.3. The third-order valence-corrected chi connectivity index (χ3v) is 7.70. The van der Waals surface area contributed by atoms with Crippen molar-refractivity contribution >= 4 is 50.1 Å². The van der Waals surface area contributed by atoms with Gasteiger partial charge < -0.3 is 26.7 Å². The molecule has 39 heavy (non-hydrogen) atoms. The topological polar surface area (TPSA) is 271 Å². The van der Waals surface area contributed by atoms with Gasteiger partial charge in [-0.2, -0.15) is 13.2 Å². The first-order valence-corrected chi connectivity index (χ1v) is 13.9. The number of nitrogens with zero attached hydrogens (tertiary/aromatic N) is 7. The van der Waals surface area contributed by atoms with Crippen LogP contribution in [0.2, 0.25) is 0 Å². The monoisotopic (exact) mass is 586 g/mol. The van der Waals surface area contributed by atoms with Crippen LogP contribution in [0.15, 0.2) is 10.5 Å². The predicted octanol–water partition coefficient (Wildman–Crippen LogP) is -2.22. The smallest absolute Gasteiger partial charge is 0.362 e. The number of tetrazole rings is 1. The Morgan fingerprint density at radius 3 is 2.69 bits per heavy atom. The summed E-state index contributed by atoms with van der Waals surface area (Å²) in [5.41, 5.74) is 9.17. The molecule has 0 unspecified atom stereocenters. The van der Waals surface area contributed by atoms with Crippen LogP contribution in [0.1, 0.15) is 37.2 Å². The number of aliphatic carboxylic acids is 1. The fourth-order valence-corrected chi connectivity index (χ4v) is 5.29. The van der Waals surface area contributed by atoms with Gasteiger partial charge in [-0.15, -0.1) is 21.5 Å². The van der Waals surface area contributed by atoms with Crippen LogP contribution >= 0.6 is 11.3 Å². The Balaban J connectivity index is 1.51. The lowest BCUT2D eigenvalue weighted by Crippen LogP contribution is -2.64. The van der Waals surface area contributed by atoms with Crippen LogP contribution in [0.3, 0.4) is 0 Å². The van der Waals surface area contributed by atoms with Gasteiger partial charge in [0.05, 0.1) is 25.0 Å². The maximum Gasteiger partial charge on any atom is 0.362 e. The molecular formula is C19H26N10O8S2. The highest BCUT2D eigenvalue weighted by Crippen LogP contribution is 2.40. The number of hydrogen-bond donors (Lipinski definition) is 5. The number of carboxylic acid groups (broad SMARTS) is 1. The Bertz CT molecular complexity index is 1390. The molecule has 2 aromatic heterocycles. The highest BCUT2D eigenvalue weighted by Gasteiger charge is 2.56. The Morgan fingerprint density at radius 2 is 2.10 bits per heavy atom. The van der Waals surface area contributed by atoms with E-state index in [0.29, 0.717) is 18.9 Å². The van der Waals surface area contributed by atoms with Crippen LogP contribution in [-0.2, 0) is 42.6 Å². The van der Waals surface area contributed by atoms with Crippen LogP contribution < -0.4 is 16.8 Å². The normalized spacial score (nSPS) is 20.5. The predicted molar refractivity (Wildman–Crippen MR) is 132 cm³/mol. The molecule has 7 N–H and O–H groups in total. The first kappa shape index (κ1) is 28.4. The van der Waals surface area contributed by atoms with E-state index in [9.17, 15) is 32.5 Å². The van der Waals surface area contributed by atoms with Crippen molar-refractivity contribution < 1.29 is 37.3 Å². The number of oxime groups is 1. The van der Waals surface area contributed by atoms with Crippen molar-refractivity contribution in [2.45, 2.75) is 50.4 Å². The summed E-state index contributed by atoms with van der Waals surface area (Å²) in [5, 5.41) is 29.5. The van der Waals surface area contributed by atoms with E-state index in [1.54, 1.807) is 0 Å². The number of carboxylic acids is 1. The van der Waals surface area contributed by atoms with Crippen molar-refractivity contribution in [3.63, 3.8) is 0 Å². The average Bonchev–Trinajstić information content (AvgIpc) is 3.33. The number of carbonyl (C=O) groups excluding carboxylic acids is 2. The van der Waals surface area contributed by atoms with E-state index in [4.69, 9.17) is 16.3 Å². The van der Waals surface area contributed by atoms with Crippen LogP contribution in [0.25, 0.3) is 0 Å². The lowest BCUT2D eigenvalue weighted by Gasteiger charge is -2.43. The molecule has 1 saturated carbocycles. The number of aromatic nitrogens is 5. The molecule has 3 heterocycles. The summed E-state index contributed by atoms with van der Waals surface area (Å²) in [4.78, 5) is 47.6. The molecule has 0 spiro atoms. The largest absolute Gasteiger partial charge is 0.478 e. The minimum absolute atomic E-state index is 0.00312. The second-order valence-electron chi connectivity index (χ2n) is 8.89. The molecule has 0 bridgehead atoms. The van der Waals surface area contributed by atoms with E-state index in [1.807, 2.05) is 0 Å². The molecule has 1 aliphatic carbocycles. The minimum atomic E-state index is -4.96. The fraction of sp³-hybridized carbons (Fsp3) is 0.579. The number of anilines is 1. The molecule has 0 aromatic carbocycles. The highest BCUT2D eigenvalue weighted by molar-refractivity contribution is 7.84. The van der Waals surface area contributed by atoms with Crippen molar-refractivity contribution in [1.82, 2.24) is 34.8 Å². The standard InChI is InChI=1S/C19H26N10O8S2/c20-4-1-5-22-7-14-24-27-28(25-14)8-12-10(16(31)29(12)39(34,35)36)6-13(30)15(11-9-38-18(21)23-11)26-37-19(2-3-19)17(32)33/h9-10,12,22H,1-8,20H2,(H2,21,23)(H,32,33)(H,34,35,36)/b26-15-/t10-,12+/m0/s1. The van der Waals surface area contributed by atoms with Crippen molar-refractivity contribution in [2.75, 3.05) is 18.8 Å². The number of thiazole rings is 1. The van der Waals surface area contributed by atoms with Gasteiger partial charge in [-0.25, -0.2) is 14.1 Å². The van der Waals surface area contributed by atoms with Gasteiger partial charge in [-0.3, -0.25) is 14.1 Å². The van der Waals surface area contributed by atoms with Crippen LogP contribution in [0.4, 0.5) is 5.13 Å². The molecule has 2 atom stereocenters. The van der Waals surface area contributed by atoms with Crippen molar-refractivity contribution in [1.29, 1.82) is 0 Å². The van der Waals surface area contributed by atoms with E-state index in [2.05, 4.69) is 30.9 Å². The number of Topliss-reactive ketones (excluding diaryl/α,β-unsaturated/α-hetero) is 1. The number of carbonyl (C=O) groups is 3. The van der Waals surface area contributed by atoms with E-state index in [1.165, 1.54) is 5.38 Å². The zero-order chi connectivity index (χ0) is 28.4. The Hall–Kier alpha value is -3.59. The van der Waals surface area contributed by atoms with Gasteiger partial charge in [0.1, 0.15) is 5.69 Å². The highest BCUT2D eigenvalue weighted by atomic mass is 32.2. The first-order chi connectivity index (χ1) is 18.4. The van der Waals surface area contributed by atoms with Gasteiger partial charge >= 0.3 is 16.3 Å². The van der Waals surface area contributed by atoms with Gasteiger partial charge in [0.25, 0.3) is 0 Å². The third kappa shape index (κ3) is 6.36. The molecular weight excluding hydrogens is 560 g/mol.